The largest absolute Gasteiger partial charge is 0.391 e. The van der Waals surface area contributed by atoms with Crippen LogP contribution in [0.1, 0.15) is 43.2 Å². The van der Waals surface area contributed by atoms with E-state index in [-0.39, 0.29) is 18.4 Å². The van der Waals surface area contributed by atoms with Crippen LogP contribution in [0.15, 0.2) is 6.20 Å². The molecule has 2 rings (SSSR count). The SMILES string of the molecule is CC(C)C(O)CNC(=O)c1cn(C2CCNCC2)nn1. The lowest BCUT2D eigenvalue weighted by Crippen LogP contribution is -2.34. The molecule has 1 unspecified atom stereocenters. The van der Waals surface area contributed by atoms with Crippen molar-refractivity contribution >= 4 is 5.91 Å². The van der Waals surface area contributed by atoms with Gasteiger partial charge in [-0.1, -0.05) is 19.1 Å². The maximum atomic E-state index is 11.9. The Labute approximate surface area is 118 Å². The van der Waals surface area contributed by atoms with Gasteiger partial charge < -0.3 is 15.7 Å². The Balaban J connectivity index is 1.89. The second kappa shape index (κ2) is 6.81. The lowest BCUT2D eigenvalue weighted by atomic mass is 10.1. The van der Waals surface area contributed by atoms with Crippen molar-refractivity contribution in [3.05, 3.63) is 11.9 Å². The molecule has 0 spiro atoms. The molecular formula is C13H23N5O2. The molecule has 0 aromatic carbocycles. The molecule has 0 radical (unpaired) electrons. The molecule has 2 heterocycles. The number of aliphatic hydroxyl groups excluding tert-OH is 1. The quantitative estimate of drug-likeness (QED) is 0.704. The summed E-state index contributed by atoms with van der Waals surface area (Å²) in [5.41, 5.74) is 0.305. The summed E-state index contributed by atoms with van der Waals surface area (Å²) in [6.45, 7) is 5.98. The van der Waals surface area contributed by atoms with Gasteiger partial charge in [-0.15, -0.1) is 5.10 Å². The second-order valence-corrected chi connectivity index (χ2v) is 5.59. The van der Waals surface area contributed by atoms with Crippen molar-refractivity contribution in [3.63, 3.8) is 0 Å². The van der Waals surface area contributed by atoms with Gasteiger partial charge in [-0.3, -0.25) is 4.79 Å². The standard InChI is InChI=1S/C13H23N5O2/c1-9(2)12(19)7-15-13(20)11-8-18(17-16-11)10-3-5-14-6-4-10/h8-10,12,14,19H,3-7H2,1-2H3,(H,15,20). The van der Waals surface area contributed by atoms with E-state index in [1.807, 2.05) is 13.8 Å². The third kappa shape index (κ3) is 3.77. The summed E-state index contributed by atoms with van der Waals surface area (Å²) in [5.74, 6) is -0.175. The molecule has 1 amide bonds. The first-order valence-corrected chi connectivity index (χ1v) is 7.16. The highest BCUT2D eigenvalue weighted by atomic mass is 16.3. The lowest BCUT2D eigenvalue weighted by Gasteiger charge is -2.22. The molecule has 20 heavy (non-hydrogen) atoms. The van der Waals surface area contributed by atoms with E-state index < -0.39 is 6.10 Å². The number of amides is 1. The molecular weight excluding hydrogens is 258 g/mol. The van der Waals surface area contributed by atoms with Gasteiger partial charge >= 0.3 is 0 Å². The first-order valence-electron chi connectivity index (χ1n) is 7.16. The van der Waals surface area contributed by atoms with Crippen LogP contribution < -0.4 is 10.6 Å². The summed E-state index contributed by atoms with van der Waals surface area (Å²) in [6.07, 6.45) is 3.14. The van der Waals surface area contributed by atoms with Crippen LogP contribution in [0, 0.1) is 5.92 Å². The average molecular weight is 281 g/mol. The highest BCUT2D eigenvalue weighted by Crippen LogP contribution is 2.16. The normalized spacial score (nSPS) is 18.2. The van der Waals surface area contributed by atoms with Crippen molar-refractivity contribution < 1.29 is 9.90 Å². The van der Waals surface area contributed by atoms with Crippen LogP contribution in [0.4, 0.5) is 0 Å². The minimum atomic E-state index is -0.543. The van der Waals surface area contributed by atoms with Crippen molar-refractivity contribution in [2.24, 2.45) is 5.92 Å². The zero-order chi connectivity index (χ0) is 14.5. The van der Waals surface area contributed by atoms with E-state index in [1.54, 1.807) is 10.9 Å². The van der Waals surface area contributed by atoms with E-state index in [9.17, 15) is 9.90 Å². The van der Waals surface area contributed by atoms with Crippen LogP contribution in [0.2, 0.25) is 0 Å². The molecule has 0 bridgehead atoms. The maximum absolute atomic E-state index is 11.9. The molecule has 1 atom stereocenters. The zero-order valence-corrected chi connectivity index (χ0v) is 12.0. The second-order valence-electron chi connectivity index (χ2n) is 5.59. The summed E-state index contributed by atoms with van der Waals surface area (Å²) < 4.78 is 1.77. The van der Waals surface area contributed by atoms with Gasteiger partial charge in [0.2, 0.25) is 0 Å². The van der Waals surface area contributed by atoms with E-state index >= 15 is 0 Å². The Kier molecular flexibility index (Phi) is 5.08. The number of hydrogen-bond acceptors (Lipinski definition) is 5. The van der Waals surface area contributed by atoms with E-state index in [4.69, 9.17) is 0 Å². The first kappa shape index (κ1) is 14.9. The number of rotatable bonds is 5. The summed E-state index contributed by atoms with van der Waals surface area (Å²) >= 11 is 0. The fourth-order valence-corrected chi connectivity index (χ4v) is 2.15. The van der Waals surface area contributed by atoms with Crippen molar-refractivity contribution in [1.82, 2.24) is 25.6 Å². The first-order chi connectivity index (χ1) is 9.58. The number of nitrogens with zero attached hydrogens (tertiary/aromatic N) is 3. The third-order valence-corrected chi connectivity index (χ3v) is 3.67. The number of nitrogens with one attached hydrogen (secondary N) is 2. The third-order valence-electron chi connectivity index (χ3n) is 3.67. The van der Waals surface area contributed by atoms with E-state index in [0.717, 1.165) is 25.9 Å². The van der Waals surface area contributed by atoms with E-state index in [1.165, 1.54) is 0 Å². The molecule has 1 aliphatic heterocycles. The minimum absolute atomic E-state index is 0.112. The molecule has 7 nitrogen and oxygen atoms in total. The van der Waals surface area contributed by atoms with Crippen molar-refractivity contribution in [3.8, 4) is 0 Å². The molecule has 1 saturated heterocycles. The molecule has 7 heteroatoms. The molecule has 3 N–H and O–H groups in total. The zero-order valence-electron chi connectivity index (χ0n) is 12.0. The number of piperidine rings is 1. The van der Waals surface area contributed by atoms with Gasteiger partial charge in [-0.05, 0) is 31.8 Å². The molecule has 1 fully saturated rings. The summed E-state index contributed by atoms with van der Waals surface area (Å²) in [4.78, 5) is 11.9. The number of carbonyl (C=O) groups excluding carboxylic acids is 1. The Morgan fingerprint density at radius 3 is 2.90 bits per heavy atom. The van der Waals surface area contributed by atoms with E-state index in [2.05, 4.69) is 20.9 Å². The minimum Gasteiger partial charge on any atom is -0.391 e. The summed E-state index contributed by atoms with van der Waals surface area (Å²) in [5, 5.41) is 23.6. The molecule has 0 saturated carbocycles. The fraction of sp³-hybridized carbons (Fsp3) is 0.769. The van der Waals surface area contributed by atoms with Gasteiger partial charge in [-0.25, -0.2) is 4.68 Å². The average Bonchev–Trinajstić information content (AvgIpc) is 2.95. The Morgan fingerprint density at radius 1 is 1.55 bits per heavy atom. The molecule has 0 aliphatic carbocycles. The molecule has 1 aromatic rings. The number of carbonyl (C=O) groups is 1. The number of aromatic nitrogens is 3. The summed E-state index contributed by atoms with van der Waals surface area (Å²) in [7, 11) is 0. The topological polar surface area (TPSA) is 92.1 Å². The van der Waals surface area contributed by atoms with E-state index in [0.29, 0.717) is 11.7 Å². The predicted molar refractivity (Wildman–Crippen MR) is 74.3 cm³/mol. The van der Waals surface area contributed by atoms with Crippen molar-refractivity contribution in [2.45, 2.75) is 38.8 Å². The highest BCUT2D eigenvalue weighted by Gasteiger charge is 2.19. The molecule has 1 aliphatic rings. The Hall–Kier alpha value is -1.47. The monoisotopic (exact) mass is 281 g/mol. The van der Waals surface area contributed by atoms with Crippen LogP contribution in [0.5, 0.6) is 0 Å². The van der Waals surface area contributed by atoms with Crippen LogP contribution in [0.3, 0.4) is 0 Å². The highest BCUT2D eigenvalue weighted by molar-refractivity contribution is 5.91. The molecule has 112 valence electrons. The van der Waals surface area contributed by atoms with Crippen LogP contribution in [-0.4, -0.2) is 51.7 Å². The number of hydrogen-bond donors (Lipinski definition) is 3. The van der Waals surface area contributed by atoms with Gasteiger partial charge in [0.1, 0.15) is 0 Å². The van der Waals surface area contributed by atoms with Gasteiger partial charge in [0.05, 0.1) is 18.3 Å². The maximum Gasteiger partial charge on any atom is 0.273 e. The van der Waals surface area contributed by atoms with Crippen LogP contribution in [0.25, 0.3) is 0 Å². The van der Waals surface area contributed by atoms with Crippen LogP contribution >= 0.6 is 0 Å². The van der Waals surface area contributed by atoms with Gasteiger partial charge in [0.15, 0.2) is 5.69 Å². The van der Waals surface area contributed by atoms with Gasteiger partial charge in [0.25, 0.3) is 5.91 Å². The number of aliphatic hydroxyl groups is 1. The smallest absolute Gasteiger partial charge is 0.273 e. The van der Waals surface area contributed by atoms with Crippen molar-refractivity contribution in [2.75, 3.05) is 19.6 Å². The fourth-order valence-electron chi connectivity index (χ4n) is 2.15. The predicted octanol–water partition coefficient (Wildman–Crippen LogP) is -0.0507. The summed E-state index contributed by atoms with van der Waals surface area (Å²) in [6, 6.07) is 0.312. The van der Waals surface area contributed by atoms with Gasteiger partial charge in [-0.2, -0.15) is 0 Å². The Morgan fingerprint density at radius 2 is 2.25 bits per heavy atom. The lowest BCUT2D eigenvalue weighted by molar-refractivity contribution is 0.0867. The Bertz CT molecular complexity index is 440. The molecule has 1 aromatic heterocycles. The van der Waals surface area contributed by atoms with Crippen LogP contribution in [-0.2, 0) is 0 Å². The van der Waals surface area contributed by atoms with Crippen molar-refractivity contribution in [1.29, 1.82) is 0 Å². The van der Waals surface area contributed by atoms with Gasteiger partial charge in [0, 0.05) is 6.54 Å².